The van der Waals surface area contributed by atoms with E-state index in [1.165, 1.54) is 6.42 Å². The van der Waals surface area contributed by atoms with E-state index in [9.17, 15) is 8.42 Å². The molecule has 2 rings (SSSR count). The third-order valence-electron chi connectivity index (χ3n) is 4.37. The van der Waals surface area contributed by atoms with Crippen molar-refractivity contribution in [3.8, 4) is 0 Å². The van der Waals surface area contributed by atoms with Gasteiger partial charge in [-0.15, -0.1) is 0 Å². The lowest BCUT2D eigenvalue weighted by Gasteiger charge is -2.34. The van der Waals surface area contributed by atoms with Gasteiger partial charge < -0.3 is 5.73 Å². The Morgan fingerprint density at radius 2 is 1.85 bits per heavy atom. The van der Waals surface area contributed by atoms with Crippen molar-refractivity contribution < 1.29 is 8.42 Å². The minimum atomic E-state index is -3.29. The van der Waals surface area contributed by atoms with E-state index in [1.807, 2.05) is 0 Å². The summed E-state index contributed by atoms with van der Waals surface area (Å²) in [5, 5.41) is 0. The Labute approximate surface area is 121 Å². The zero-order valence-electron chi connectivity index (χ0n) is 12.2. The topological polar surface area (TPSA) is 72.2 Å². The van der Waals surface area contributed by atoms with Gasteiger partial charge in [-0.05, 0) is 36.0 Å². The molecule has 0 spiro atoms. The first-order valence-electron chi connectivity index (χ1n) is 7.22. The molecule has 3 unspecified atom stereocenters. The molecular weight excluding hydrogens is 272 g/mol. The molecule has 0 saturated heterocycles. The van der Waals surface area contributed by atoms with E-state index < -0.39 is 10.0 Å². The summed E-state index contributed by atoms with van der Waals surface area (Å²) >= 11 is 0. The van der Waals surface area contributed by atoms with Crippen LogP contribution in [0.2, 0.25) is 0 Å². The van der Waals surface area contributed by atoms with Gasteiger partial charge in [0, 0.05) is 11.7 Å². The van der Waals surface area contributed by atoms with Crippen molar-refractivity contribution in [2.45, 2.75) is 44.9 Å². The number of nitrogen functional groups attached to an aromatic ring is 1. The molecule has 20 heavy (non-hydrogen) atoms. The van der Waals surface area contributed by atoms with Crippen molar-refractivity contribution in [3.05, 3.63) is 29.8 Å². The Kier molecular flexibility index (Phi) is 4.70. The van der Waals surface area contributed by atoms with Gasteiger partial charge in [0.2, 0.25) is 10.0 Å². The fourth-order valence-electron chi connectivity index (χ4n) is 2.85. The minimum absolute atomic E-state index is 0.0187. The molecule has 0 radical (unpaired) electrons. The standard InChI is InChI=1S/C15H24N2O2S/c1-11-4-3-5-15(12(11)2)17-20(18,19)10-13-6-8-14(16)9-7-13/h6-9,11-12,15,17H,3-5,10,16H2,1-2H3. The minimum Gasteiger partial charge on any atom is -0.399 e. The van der Waals surface area contributed by atoms with Crippen LogP contribution in [0, 0.1) is 11.8 Å². The number of sulfonamides is 1. The van der Waals surface area contributed by atoms with Crippen LogP contribution >= 0.6 is 0 Å². The molecule has 1 aliphatic carbocycles. The number of anilines is 1. The molecule has 0 aliphatic heterocycles. The summed E-state index contributed by atoms with van der Waals surface area (Å²) in [6.45, 7) is 4.34. The van der Waals surface area contributed by atoms with Crippen LogP contribution in [0.1, 0.15) is 38.7 Å². The molecule has 3 N–H and O–H groups in total. The van der Waals surface area contributed by atoms with Gasteiger partial charge in [0.25, 0.3) is 0 Å². The quantitative estimate of drug-likeness (QED) is 0.839. The number of nitrogens with two attached hydrogens (primary N) is 1. The van der Waals surface area contributed by atoms with Gasteiger partial charge in [0.1, 0.15) is 0 Å². The molecule has 1 aromatic carbocycles. The molecule has 0 bridgehead atoms. The van der Waals surface area contributed by atoms with Crippen molar-refractivity contribution >= 4 is 15.7 Å². The second kappa shape index (κ2) is 6.14. The first-order valence-corrected chi connectivity index (χ1v) is 8.87. The van der Waals surface area contributed by atoms with Gasteiger partial charge in [-0.1, -0.05) is 38.8 Å². The molecule has 0 aromatic heterocycles. The fourth-order valence-corrected chi connectivity index (χ4v) is 4.36. The lowest BCUT2D eigenvalue weighted by molar-refractivity contribution is 0.227. The highest BCUT2D eigenvalue weighted by molar-refractivity contribution is 7.88. The highest BCUT2D eigenvalue weighted by Gasteiger charge is 2.30. The maximum atomic E-state index is 12.3. The van der Waals surface area contributed by atoms with E-state index >= 15 is 0 Å². The summed E-state index contributed by atoms with van der Waals surface area (Å²) in [6.07, 6.45) is 3.23. The van der Waals surface area contributed by atoms with Crippen LogP contribution in [0.25, 0.3) is 0 Å². The molecule has 0 amide bonds. The summed E-state index contributed by atoms with van der Waals surface area (Å²) in [4.78, 5) is 0. The van der Waals surface area contributed by atoms with Gasteiger partial charge in [0.15, 0.2) is 0 Å². The van der Waals surface area contributed by atoms with Crippen LogP contribution < -0.4 is 10.5 Å². The Balaban J connectivity index is 2.02. The van der Waals surface area contributed by atoms with Crippen LogP contribution in [-0.2, 0) is 15.8 Å². The van der Waals surface area contributed by atoms with Gasteiger partial charge in [-0.2, -0.15) is 0 Å². The van der Waals surface area contributed by atoms with Crippen molar-refractivity contribution in [1.29, 1.82) is 0 Å². The monoisotopic (exact) mass is 296 g/mol. The molecule has 112 valence electrons. The van der Waals surface area contributed by atoms with Crippen molar-refractivity contribution in [3.63, 3.8) is 0 Å². The Bertz CT molecular complexity index is 539. The highest BCUT2D eigenvalue weighted by Crippen LogP contribution is 2.30. The zero-order valence-corrected chi connectivity index (χ0v) is 13.0. The maximum Gasteiger partial charge on any atom is 0.216 e. The smallest absolute Gasteiger partial charge is 0.216 e. The predicted molar refractivity (Wildman–Crippen MR) is 82.6 cm³/mol. The SMILES string of the molecule is CC1CCCC(NS(=O)(=O)Cc2ccc(N)cc2)C1C. The number of nitrogens with one attached hydrogen (secondary N) is 1. The number of hydrogen-bond donors (Lipinski definition) is 2. The zero-order chi connectivity index (χ0) is 14.8. The van der Waals surface area contributed by atoms with Gasteiger partial charge in [0.05, 0.1) is 5.75 Å². The first kappa shape index (κ1) is 15.3. The van der Waals surface area contributed by atoms with Crippen LogP contribution in [-0.4, -0.2) is 14.5 Å². The van der Waals surface area contributed by atoms with Crippen LogP contribution in [0.4, 0.5) is 5.69 Å². The highest BCUT2D eigenvalue weighted by atomic mass is 32.2. The molecule has 5 heteroatoms. The molecule has 1 aliphatic rings. The third-order valence-corrected chi connectivity index (χ3v) is 5.75. The average molecular weight is 296 g/mol. The van der Waals surface area contributed by atoms with E-state index in [0.717, 1.165) is 18.4 Å². The molecule has 3 atom stereocenters. The van der Waals surface area contributed by atoms with Crippen LogP contribution in [0.5, 0.6) is 0 Å². The summed E-state index contributed by atoms with van der Waals surface area (Å²) in [7, 11) is -3.29. The van der Waals surface area contributed by atoms with Gasteiger partial charge in [-0.25, -0.2) is 13.1 Å². The molecule has 0 heterocycles. The maximum absolute atomic E-state index is 12.3. The van der Waals surface area contributed by atoms with Crippen molar-refractivity contribution in [2.75, 3.05) is 5.73 Å². The summed E-state index contributed by atoms with van der Waals surface area (Å²) in [6, 6.07) is 7.06. The summed E-state index contributed by atoms with van der Waals surface area (Å²) < 4.78 is 27.4. The normalized spacial score (nSPS) is 27.4. The van der Waals surface area contributed by atoms with Crippen molar-refractivity contribution in [2.24, 2.45) is 11.8 Å². The van der Waals surface area contributed by atoms with E-state index in [-0.39, 0.29) is 11.8 Å². The molecule has 4 nitrogen and oxygen atoms in total. The van der Waals surface area contributed by atoms with Crippen LogP contribution in [0.15, 0.2) is 24.3 Å². The number of rotatable bonds is 4. The molecule has 1 saturated carbocycles. The molecule has 1 fully saturated rings. The van der Waals surface area contributed by atoms with Crippen molar-refractivity contribution in [1.82, 2.24) is 4.72 Å². The Hall–Kier alpha value is -1.07. The Morgan fingerprint density at radius 3 is 2.50 bits per heavy atom. The predicted octanol–water partition coefficient (Wildman–Crippen LogP) is 2.51. The van der Waals surface area contributed by atoms with E-state index in [1.54, 1.807) is 24.3 Å². The second-order valence-corrected chi connectivity index (χ2v) is 7.75. The lowest BCUT2D eigenvalue weighted by Crippen LogP contribution is -2.44. The molecule has 1 aromatic rings. The summed E-state index contributed by atoms with van der Waals surface area (Å²) in [5.41, 5.74) is 7.02. The molecular formula is C15H24N2O2S. The number of hydrogen-bond acceptors (Lipinski definition) is 3. The Morgan fingerprint density at radius 1 is 1.20 bits per heavy atom. The lowest BCUT2D eigenvalue weighted by atomic mass is 9.78. The fraction of sp³-hybridized carbons (Fsp3) is 0.600. The number of benzene rings is 1. The first-order chi connectivity index (χ1) is 9.37. The van der Waals surface area contributed by atoms with Gasteiger partial charge >= 0.3 is 0 Å². The summed E-state index contributed by atoms with van der Waals surface area (Å²) in [5.74, 6) is 0.989. The van der Waals surface area contributed by atoms with E-state index in [2.05, 4.69) is 18.6 Å². The second-order valence-electron chi connectivity index (χ2n) is 5.99. The van der Waals surface area contributed by atoms with E-state index in [0.29, 0.717) is 17.5 Å². The van der Waals surface area contributed by atoms with E-state index in [4.69, 9.17) is 5.73 Å². The van der Waals surface area contributed by atoms with Gasteiger partial charge in [-0.3, -0.25) is 0 Å². The van der Waals surface area contributed by atoms with Crippen LogP contribution in [0.3, 0.4) is 0 Å². The third kappa shape index (κ3) is 3.96. The largest absolute Gasteiger partial charge is 0.399 e. The average Bonchev–Trinajstić information content (AvgIpc) is 2.37.